The molecule has 1 aliphatic carbocycles. The third kappa shape index (κ3) is 1.86. The number of ether oxygens (including phenoxy) is 2. The Morgan fingerprint density at radius 3 is 2.92 bits per heavy atom. The molecule has 0 amide bonds. The van der Waals surface area contributed by atoms with Gasteiger partial charge in [-0.2, -0.15) is 0 Å². The fourth-order valence-corrected chi connectivity index (χ4v) is 5.45. The largest absolute Gasteiger partial charge is 0.493 e. The van der Waals surface area contributed by atoms with Crippen molar-refractivity contribution in [1.29, 1.82) is 0 Å². The van der Waals surface area contributed by atoms with Crippen LogP contribution in [-0.2, 0) is 16.6 Å². The van der Waals surface area contributed by atoms with E-state index in [1.54, 1.807) is 7.11 Å². The lowest BCUT2D eigenvalue weighted by molar-refractivity contribution is -0.137. The monoisotopic (exact) mass is 329 g/mol. The number of carbonyl (C=O) groups excluding carboxylic acids is 1. The zero-order valence-electron chi connectivity index (χ0n) is 15.1. The number of aryl methyl sites for hydroxylation is 1. The molecule has 1 saturated carbocycles. The quantitative estimate of drug-likeness (QED) is 0.836. The van der Waals surface area contributed by atoms with E-state index in [0.29, 0.717) is 18.4 Å². The number of nitrogens with zero attached hydrogens (tertiary/aromatic N) is 1. The maximum Gasteiger partial charge on any atom is 0.174 e. The standard InChI is InChI=1S/C20H27NO3/c1-5-13-6-9-16(23-4)18-17(13)20-10-11-21(3)12(2)14(20)7-8-15(22)19(20)24-18/h6,9,12,14,19H,5,7-8,10-11H2,1-4H3/t12?,14-,19-,20?/m0/s1. The molecule has 4 atom stereocenters. The Bertz CT molecular complexity index is 686. The summed E-state index contributed by atoms with van der Waals surface area (Å²) < 4.78 is 11.9. The SMILES string of the molecule is CCc1ccc(OC)c2c1C13CCN(C)C(C)[C@@H]1CCC(=O)[C@@H]3O2. The molecule has 2 heterocycles. The molecule has 4 heteroatoms. The molecule has 2 unspecified atom stereocenters. The van der Waals surface area contributed by atoms with Crippen molar-refractivity contribution in [2.75, 3.05) is 20.7 Å². The van der Waals surface area contributed by atoms with Crippen LogP contribution in [0.5, 0.6) is 11.5 Å². The molecule has 130 valence electrons. The molecule has 1 aromatic carbocycles. The predicted molar refractivity (Wildman–Crippen MR) is 92.9 cm³/mol. The van der Waals surface area contributed by atoms with Crippen molar-refractivity contribution in [2.45, 2.75) is 57.1 Å². The van der Waals surface area contributed by atoms with Crippen LogP contribution < -0.4 is 9.47 Å². The Balaban J connectivity index is 1.97. The fourth-order valence-electron chi connectivity index (χ4n) is 5.45. The third-order valence-electron chi connectivity index (χ3n) is 6.79. The van der Waals surface area contributed by atoms with Crippen LogP contribution in [0.3, 0.4) is 0 Å². The van der Waals surface area contributed by atoms with Gasteiger partial charge in [0.15, 0.2) is 23.4 Å². The first-order chi connectivity index (χ1) is 11.5. The van der Waals surface area contributed by atoms with E-state index in [4.69, 9.17) is 9.47 Å². The van der Waals surface area contributed by atoms with Crippen molar-refractivity contribution in [3.63, 3.8) is 0 Å². The van der Waals surface area contributed by atoms with Gasteiger partial charge in [-0.1, -0.05) is 13.0 Å². The smallest absolute Gasteiger partial charge is 0.174 e. The first kappa shape index (κ1) is 15.9. The van der Waals surface area contributed by atoms with Crippen LogP contribution in [0.1, 0.15) is 44.2 Å². The molecule has 3 aliphatic rings. The lowest BCUT2D eigenvalue weighted by atomic mass is 9.55. The summed E-state index contributed by atoms with van der Waals surface area (Å²) in [5.74, 6) is 2.32. The van der Waals surface area contributed by atoms with Gasteiger partial charge in [0, 0.05) is 23.4 Å². The van der Waals surface area contributed by atoms with Crippen molar-refractivity contribution < 1.29 is 14.3 Å². The Kier molecular flexibility index (Phi) is 3.64. The second-order valence-corrected chi connectivity index (χ2v) is 7.61. The number of piperidine rings is 1. The zero-order chi connectivity index (χ0) is 17.1. The first-order valence-corrected chi connectivity index (χ1v) is 9.14. The van der Waals surface area contributed by atoms with Crippen molar-refractivity contribution in [3.05, 3.63) is 23.3 Å². The van der Waals surface area contributed by atoms with E-state index in [1.807, 2.05) is 6.07 Å². The molecule has 0 radical (unpaired) electrons. The Morgan fingerprint density at radius 2 is 2.21 bits per heavy atom. The van der Waals surface area contributed by atoms with Crippen molar-refractivity contribution in [2.24, 2.45) is 5.92 Å². The van der Waals surface area contributed by atoms with Gasteiger partial charge in [0.05, 0.1) is 7.11 Å². The number of hydrogen-bond acceptors (Lipinski definition) is 4. The number of fused-ring (bicyclic) bond motifs is 1. The minimum Gasteiger partial charge on any atom is -0.493 e. The zero-order valence-corrected chi connectivity index (χ0v) is 15.1. The lowest BCUT2D eigenvalue weighted by Crippen LogP contribution is -2.62. The number of carbonyl (C=O) groups is 1. The summed E-state index contributed by atoms with van der Waals surface area (Å²) in [6.07, 6.45) is 3.21. The topological polar surface area (TPSA) is 38.8 Å². The molecule has 0 N–H and O–H groups in total. The van der Waals surface area contributed by atoms with Gasteiger partial charge >= 0.3 is 0 Å². The van der Waals surface area contributed by atoms with Crippen LogP contribution >= 0.6 is 0 Å². The number of benzene rings is 1. The number of rotatable bonds is 2. The van der Waals surface area contributed by atoms with Gasteiger partial charge in [-0.3, -0.25) is 4.79 Å². The van der Waals surface area contributed by atoms with Gasteiger partial charge in [-0.25, -0.2) is 0 Å². The van der Waals surface area contributed by atoms with Gasteiger partial charge in [0.1, 0.15) is 0 Å². The van der Waals surface area contributed by atoms with Gasteiger partial charge < -0.3 is 14.4 Å². The number of hydrogen-bond donors (Lipinski definition) is 0. The summed E-state index contributed by atoms with van der Waals surface area (Å²) in [5.41, 5.74) is 2.41. The van der Waals surface area contributed by atoms with Crippen LogP contribution in [0.2, 0.25) is 0 Å². The molecule has 2 fully saturated rings. The van der Waals surface area contributed by atoms with E-state index in [9.17, 15) is 4.79 Å². The van der Waals surface area contributed by atoms with E-state index in [2.05, 4.69) is 31.9 Å². The molecule has 1 spiro atoms. The van der Waals surface area contributed by atoms with E-state index in [0.717, 1.165) is 37.3 Å². The van der Waals surface area contributed by atoms with Gasteiger partial charge in [-0.05, 0) is 57.3 Å². The maximum atomic E-state index is 12.8. The summed E-state index contributed by atoms with van der Waals surface area (Å²) >= 11 is 0. The molecule has 4 nitrogen and oxygen atoms in total. The summed E-state index contributed by atoms with van der Waals surface area (Å²) in [7, 11) is 3.88. The highest BCUT2D eigenvalue weighted by Crippen LogP contribution is 2.60. The molecule has 0 bridgehead atoms. The van der Waals surface area contributed by atoms with Crippen LogP contribution in [-0.4, -0.2) is 43.5 Å². The van der Waals surface area contributed by atoms with Crippen LogP contribution in [0.25, 0.3) is 0 Å². The predicted octanol–water partition coefficient (Wildman–Crippen LogP) is 2.96. The lowest BCUT2D eigenvalue weighted by Gasteiger charge is -2.53. The minimum absolute atomic E-state index is 0.170. The highest BCUT2D eigenvalue weighted by Gasteiger charge is 2.62. The summed E-state index contributed by atoms with van der Waals surface area (Å²) in [6.45, 7) is 5.50. The summed E-state index contributed by atoms with van der Waals surface area (Å²) in [5, 5.41) is 0. The fraction of sp³-hybridized carbons (Fsp3) is 0.650. The van der Waals surface area contributed by atoms with Crippen LogP contribution in [0.4, 0.5) is 0 Å². The van der Waals surface area contributed by atoms with E-state index in [-0.39, 0.29) is 17.3 Å². The number of ketones is 1. The van der Waals surface area contributed by atoms with Crippen molar-refractivity contribution >= 4 is 5.78 Å². The van der Waals surface area contributed by atoms with Crippen molar-refractivity contribution in [3.8, 4) is 11.5 Å². The second kappa shape index (κ2) is 5.48. The average Bonchev–Trinajstić information content (AvgIpc) is 2.95. The third-order valence-corrected chi connectivity index (χ3v) is 6.79. The van der Waals surface area contributed by atoms with Gasteiger partial charge in [0.2, 0.25) is 0 Å². The minimum atomic E-state index is -0.330. The molecule has 1 aromatic rings. The second-order valence-electron chi connectivity index (χ2n) is 7.61. The molecule has 0 aromatic heterocycles. The highest BCUT2D eigenvalue weighted by molar-refractivity contribution is 5.88. The Labute approximate surface area is 144 Å². The normalized spacial score (nSPS) is 35.0. The molecule has 24 heavy (non-hydrogen) atoms. The first-order valence-electron chi connectivity index (χ1n) is 9.14. The van der Waals surface area contributed by atoms with E-state index >= 15 is 0 Å². The van der Waals surface area contributed by atoms with Gasteiger partial charge in [0.25, 0.3) is 0 Å². The number of methoxy groups -OCH3 is 1. The van der Waals surface area contributed by atoms with Crippen molar-refractivity contribution in [1.82, 2.24) is 4.90 Å². The Morgan fingerprint density at radius 1 is 1.42 bits per heavy atom. The number of Topliss-reactive ketones (excluding diaryl/α,β-unsaturated/α-hetero) is 1. The summed E-state index contributed by atoms with van der Waals surface area (Å²) in [6, 6.07) is 4.61. The molecule has 1 saturated heterocycles. The van der Waals surface area contributed by atoms with Crippen LogP contribution in [0.15, 0.2) is 12.1 Å². The maximum absolute atomic E-state index is 12.8. The van der Waals surface area contributed by atoms with E-state index < -0.39 is 0 Å². The molecule has 4 rings (SSSR count). The number of likely N-dealkylation sites (tertiary alicyclic amines) is 1. The molecular formula is C20H27NO3. The Hall–Kier alpha value is -1.55. The van der Waals surface area contributed by atoms with Gasteiger partial charge in [-0.15, -0.1) is 0 Å². The van der Waals surface area contributed by atoms with E-state index in [1.165, 1.54) is 11.1 Å². The summed E-state index contributed by atoms with van der Waals surface area (Å²) in [4.78, 5) is 15.2. The molecule has 2 aliphatic heterocycles. The van der Waals surface area contributed by atoms with Crippen LogP contribution in [0, 0.1) is 5.92 Å². The molecular weight excluding hydrogens is 302 g/mol. The highest BCUT2D eigenvalue weighted by atomic mass is 16.5. The average molecular weight is 329 g/mol.